The zero-order valence-corrected chi connectivity index (χ0v) is 16.3. The summed E-state index contributed by atoms with van der Waals surface area (Å²) in [6.07, 6.45) is 3.40. The third kappa shape index (κ3) is 3.21. The molecule has 0 spiro atoms. The van der Waals surface area contributed by atoms with E-state index in [1.165, 1.54) is 0 Å². The molecule has 1 fully saturated rings. The highest BCUT2D eigenvalue weighted by Gasteiger charge is 2.33. The van der Waals surface area contributed by atoms with E-state index in [9.17, 15) is 9.59 Å². The Morgan fingerprint density at radius 3 is 2.89 bits per heavy atom. The second kappa shape index (κ2) is 6.76. The lowest BCUT2D eigenvalue weighted by atomic mass is 10.1. The van der Waals surface area contributed by atoms with Crippen LogP contribution in [0.5, 0.6) is 17.2 Å². The van der Waals surface area contributed by atoms with Crippen molar-refractivity contribution in [2.24, 2.45) is 5.92 Å². The molecule has 0 saturated heterocycles. The molecule has 3 aliphatic rings. The lowest BCUT2D eigenvalue weighted by molar-refractivity contribution is -0.135. The van der Waals surface area contributed by atoms with Gasteiger partial charge in [0.25, 0.3) is 0 Å². The van der Waals surface area contributed by atoms with Crippen LogP contribution in [0.15, 0.2) is 40.6 Å². The van der Waals surface area contributed by atoms with Crippen molar-refractivity contribution in [3.05, 3.63) is 57.3 Å². The summed E-state index contributed by atoms with van der Waals surface area (Å²) in [5.74, 6) is 1.16. The summed E-state index contributed by atoms with van der Waals surface area (Å²) in [7, 11) is 0. The summed E-state index contributed by atoms with van der Waals surface area (Å²) in [5.41, 5.74) is 2.06. The van der Waals surface area contributed by atoms with Crippen molar-refractivity contribution in [1.82, 2.24) is 0 Å². The average molecular weight is 443 g/mol. The number of carbonyl (C=O) groups is 2. The van der Waals surface area contributed by atoms with Crippen molar-refractivity contribution in [1.29, 1.82) is 0 Å². The van der Waals surface area contributed by atoms with E-state index in [1.54, 1.807) is 24.3 Å². The molecule has 142 valence electrons. The maximum atomic E-state index is 12.7. The van der Waals surface area contributed by atoms with Crippen LogP contribution in [-0.4, -0.2) is 18.5 Å². The number of carbonyl (C=O) groups excluding carboxylic acids is 2. The Balaban J connectivity index is 1.45. The molecule has 1 aliphatic carbocycles. The predicted octanol–water partition coefficient (Wildman–Crippen LogP) is 4.25. The molecule has 6 nitrogen and oxygen atoms in total. The maximum absolute atomic E-state index is 12.7. The largest absolute Gasteiger partial charge is 0.467 e. The van der Waals surface area contributed by atoms with Gasteiger partial charge in [0.1, 0.15) is 17.2 Å². The van der Waals surface area contributed by atoms with Gasteiger partial charge in [-0.25, -0.2) is 0 Å². The van der Waals surface area contributed by atoms with E-state index in [2.05, 4.69) is 15.9 Å². The standard InChI is InChI=1S/C21H15BrO6/c22-14-5-12(20-13(6-14)9-25-10-26-20)7-18-19(23)16-4-3-15(8-17(16)28-18)27-21(24)11-1-2-11/h3-8,11H,1-2,9-10H2. The third-order valence-corrected chi connectivity index (χ3v) is 5.22. The molecule has 2 aliphatic heterocycles. The lowest BCUT2D eigenvalue weighted by Crippen LogP contribution is -2.12. The number of ketones is 1. The Labute approximate surface area is 169 Å². The molecule has 1 saturated carbocycles. The fraction of sp³-hybridized carbons (Fsp3) is 0.238. The Morgan fingerprint density at radius 2 is 2.07 bits per heavy atom. The van der Waals surface area contributed by atoms with Gasteiger partial charge in [-0.1, -0.05) is 15.9 Å². The molecule has 2 heterocycles. The van der Waals surface area contributed by atoms with Crippen LogP contribution in [0.1, 0.15) is 34.3 Å². The number of benzene rings is 2. The number of hydrogen-bond donors (Lipinski definition) is 0. The molecule has 0 amide bonds. The van der Waals surface area contributed by atoms with Gasteiger partial charge in [0, 0.05) is 21.7 Å². The highest BCUT2D eigenvalue weighted by molar-refractivity contribution is 9.10. The highest BCUT2D eigenvalue weighted by atomic mass is 79.9. The van der Waals surface area contributed by atoms with Crippen molar-refractivity contribution in [2.75, 3.05) is 6.79 Å². The first-order valence-electron chi connectivity index (χ1n) is 8.91. The quantitative estimate of drug-likeness (QED) is 0.402. The first-order valence-corrected chi connectivity index (χ1v) is 9.71. The molecule has 7 heteroatoms. The summed E-state index contributed by atoms with van der Waals surface area (Å²) in [5, 5.41) is 0. The van der Waals surface area contributed by atoms with Crippen LogP contribution in [0.2, 0.25) is 0 Å². The molecule has 0 radical (unpaired) electrons. The number of Topliss-reactive ketones (excluding diaryl/α,β-unsaturated/α-hetero) is 1. The molecule has 0 aromatic heterocycles. The summed E-state index contributed by atoms with van der Waals surface area (Å²) in [4.78, 5) is 24.6. The number of hydrogen-bond acceptors (Lipinski definition) is 6. The van der Waals surface area contributed by atoms with E-state index in [1.807, 2.05) is 12.1 Å². The van der Waals surface area contributed by atoms with Crippen molar-refractivity contribution < 1.29 is 28.5 Å². The van der Waals surface area contributed by atoms with Crippen LogP contribution in [0.4, 0.5) is 0 Å². The monoisotopic (exact) mass is 442 g/mol. The second-order valence-corrected chi connectivity index (χ2v) is 7.80. The first kappa shape index (κ1) is 17.5. The Hall–Kier alpha value is -2.64. The third-order valence-electron chi connectivity index (χ3n) is 4.76. The fourth-order valence-corrected chi connectivity index (χ4v) is 3.73. The summed E-state index contributed by atoms with van der Waals surface area (Å²) >= 11 is 3.47. The topological polar surface area (TPSA) is 71.1 Å². The number of ether oxygens (including phenoxy) is 4. The van der Waals surface area contributed by atoms with Crippen molar-refractivity contribution in [3.8, 4) is 17.2 Å². The predicted molar refractivity (Wildman–Crippen MR) is 102 cm³/mol. The van der Waals surface area contributed by atoms with Gasteiger partial charge in [-0.05, 0) is 43.2 Å². The number of rotatable bonds is 3. The molecular weight excluding hydrogens is 428 g/mol. The summed E-state index contributed by atoms with van der Waals surface area (Å²) in [6.45, 7) is 0.602. The molecule has 2 aromatic carbocycles. The van der Waals surface area contributed by atoms with Gasteiger partial charge >= 0.3 is 5.97 Å². The van der Waals surface area contributed by atoms with E-state index < -0.39 is 0 Å². The second-order valence-electron chi connectivity index (χ2n) is 6.89. The lowest BCUT2D eigenvalue weighted by Gasteiger charge is -2.20. The van der Waals surface area contributed by atoms with Gasteiger partial charge in [-0.2, -0.15) is 0 Å². The van der Waals surface area contributed by atoms with Gasteiger partial charge in [0.05, 0.1) is 18.1 Å². The van der Waals surface area contributed by atoms with Gasteiger partial charge < -0.3 is 18.9 Å². The fourth-order valence-electron chi connectivity index (χ4n) is 3.21. The van der Waals surface area contributed by atoms with Crippen LogP contribution in [0.3, 0.4) is 0 Å². The molecule has 0 unspecified atom stereocenters. The van der Waals surface area contributed by atoms with Gasteiger partial charge in [-0.3, -0.25) is 9.59 Å². The van der Waals surface area contributed by atoms with E-state index >= 15 is 0 Å². The molecule has 5 rings (SSSR count). The highest BCUT2D eigenvalue weighted by Crippen LogP contribution is 2.38. The van der Waals surface area contributed by atoms with Crippen molar-refractivity contribution in [2.45, 2.75) is 19.4 Å². The van der Waals surface area contributed by atoms with Gasteiger partial charge in [0.2, 0.25) is 5.78 Å². The Kier molecular flexibility index (Phi) is 4.21. The average Bonchev–Trinajstić information content (AvgIpc) is 3.48. The maximum Gasteiger partial charge on any atom is 0.314 e. The number of fused-ring (bicyclic) bond motifs is 2. The van der Waals surface area contributed by atoms with Crippen molar-refractivity contribution in [3.63, 3.8) is 0 Å². The minimum atomic E-state index is -0.236. The van der Waals surface area contributed by atoms with Crippen LogP contribution < -0.4 is 14.2 Å². The van der Waals surface area contributed by atoms with E-state index in [0.29, 0.717) is 29.4 Å². The minimum absolute atomic E-state index is 0.00190. The van der Waals surface area contributed by atoms with E-state index in [4.69, 9.17) is 18.9 Å². The molecule has 0 N–H and O–H groups in total. The zero-order chi connectivity index (χ0) is 19.3. The smallest absolute Gasteiger partial charge is 0.314 e. The Morgan fingerprint density at radius 1 is 1.21 bits per heavy atom. The van der Waals surface area contributed by atoms with Gasteiger partial charge in [0.15, 0.2) is 12.6 Å². The number of halogens is 1. The number of esters is 1. The van der Waals surface area contributed by atoms with Crippen LogP contribution in [-0.2, 0) is 16.1 Å². The summed E-state index contributed by atoms with van der Waals surface area (Å²) in [6, 6.07) is 8.59. The first-order chi connectivity index (χ1) is 13.6. The summed E-state index contributed by atoms with van der Waals surface area (Å²) < 4.78 is 22.9. The number of allylic oxidation sites excluding steroid dienone is 1. The molecule has 0 atom stereocenters. The van der Waals surface area contributed by atoms with Crippen LogP contribution in [0, 0.1) is 5.92 Å². The van der Waals surface area contributed by atoms with Crippen LogP contribution >= 0.6 is 15.9 Å². The Bertz CT molecular complexity index is 1040. The zero-order valence-electron chi connectivity index (χ0n) is 14.7. The van der Waals surface area contributed by atoms with Gasteiger partial charge in [-0.15, -0.1) is 0 Å². The molecule has 0 bridgehead atoms. The van der Waals surface area contributed by atoms with E-state index in [-0.39, 0.29) is 30.2 Å². The van der Waals surface area contributed by atoms with Crippen LogP contribution in [0.25, 0.3) is 6.08 Å². The SMILES string of the molecule is O=C1C(=Cc2cc(Br)cc3c2OCOC3)Oc2cc(OC(=O)C3CC3)ccc21. The van der Waals surface area contributed by atoms with E-state index in [0.717, 1.165) is 28.4 Å². The van der Waals surface area contributed by atoms with Crippen molar-refractivity contribution >= 4 is 33.8 Å². The molecular formula is C21H15BrO6. The molecule has 2 aromatic rings. The molecule has 28 heavy (non-hydrogen) atoms. The minimum Gasteiger partial charge on any atom is -0.467 e. The normalized spacial score (nSPS) is 18.9.